The van der Waals surface area contributed by atoms with Gasteiger partial charge in [0, 0.05) is 13.2 Å². The molecule has 20 heavy (non-hydrogen) atoms. The van der Waals surface area contributed by atoms with Gasteiger partial charge in [0.25, 0.3) is 0 Å². The van der Waals surface area contributed by atoms with Crippen LogP contribution in [0.1, 0.15) is 26.2 Å². The van der Waals surface area contributed by atoms with Crippen molar-refractivity contribution < 1.29 is 22.7 Å². The molecule has 0 amide bonds. The first kappa shape index (κ1) is 17.4. The van der Waals surface area contributed by atoms with Crippen molar-refractivity contribution in [2.75, 3.05) is 38.9 Å². The zero-order valence-corrected chi connectivity index (χ0v) is 13.3. The predicted molar refractivity (Wildman–Crippen MR) is 76.3 cm³/mol. The Bertz CT molecular complexity index is 410. The third-order valence-electron chi connectivity index (χ3n) is 3.55. The zero-order valence-electron chi connectivity index (χ0n) is 12.5. The van der Waals surface area contributed by atoms with E-state index in [0.29, 0.717) is 13.2 Å². The quantitative estimate of drug-likeness (QED) is 0.587. The lowest BCUT2D eigenvalue weighted by Gasteiger charge is -2.19. The molecule has 0 aromatic carbocycles. The molecule has 1 N–H and O–H groups in total. The van der Waals surface area contributed by atoms with E-state index < -0.39 is 15.3 Å². The van der Waals surface area contributed by atoms with Crippen LogP contribution in [0.4, 0.5) is 0 Å². The van der Waals surface area contributed by atoms with E-state index in [4.69, 9.17) is 4.74 Å². The summed E-state index contributed by atoms with van der Waals surface area (Å²) >= 11 is 0. The highest BCUT2D eigenvalue weighted by atomic mass is 32.2. The number of hydrogen-bond donors (Lipinski definition) is 1. The molecule has 7 heteroatoms. The smallest absolute Gasteiger partial charge is 0.306 e. The summed E-state index contributed by atoms with van der Waals surface area (Å²) in [4.78, 5) is 11.3. The van der Waals surface area contributed by atoms with Crippen LogP contribution in [0.3, 0.4) is 0 Å². The van der Waals surface area contributed by atoms with E-state index in [-0.39, 0.29) is 29.9 Å². The van der Waals surface area contributed by atoms with E-state index >= 15 is 0 Å². The van der Waals surface area contributed by atoms with E-state index in [1.54, 1.807) is 7.11 Å². The summed E-state index contributed by atoms with van der Waals surface area (Å²) in [6.07, 6.45) is 1.74. The van der Waals surface area contributed by atoms with Gasteiger partial charge in [0.2, 0.25) is 0 Å². The van der Waals surface area contributed by atoms with Crippen molar-refractivity contribution in [3.8, 4) is 0 Å². The Kier molecular flexibility index (Phi) is 6.42. The molecule has 1 rings (SSSR count). The minimum Gasteiger partial charge on any atom is -0.469 e. The van der Waals surface area contributed by atoms with Crippen LogP contribution >= 0.6 is 0 Å². The van der Waals surface area contributed by atoms with Crippen molar-refractivity contribution in [3.63, 3.8) is 0 Å². The fraction of sp³-hybridized carbons (Fsp3) is 0.923. The highest BCUT2D eigenvalue weighted by Crippen LogP contribution is 2.50. The third-order valence-corrected chi connectivity index (χ3v) is 5.51. The largest absolute Gasteiger partial charge is 0.469 e. The monoisotopic (exact) mass is 307 g/mol. The highest BCUT2D eigenvalue weighted by molar-refractivity contribution is 7.91. The second-order valence-electron chi connectivity index (χ2n) is 5.52. The van der Waals surface area contributed by atoms with Crippen molar-refractivity contribution in [1.82, 2.24) is 5.32 Å². The SMILES string of the molecule is CCNC(COC)CS(=O)(=O)CC1(CC(=O)OC)CC1. The minimum atomic E-state index is -3.22. The van der Waals surface area contributed by atoms with Gasteiger partial charge in [-0.1, -0.05) is 6.92 Å². The second kappa shape index (κ2) is 7.38. The van der Waals surface area contributed by atoms with Gasteiger partial charge in [0.1, 0.15) is 0 Å². The van der Waals surface area contributed by atoms with Gasteiger partial charge in [-0.2, -0.15) is 0 Å². The molecule has 0 radical (unpaired) electrons. The number of rotatable bonds is 10. The van der Waals surface area contributed by atoms with Crippen LogP contribution in [0.5, 0.6) is 0 Å². The molecule has 1 aliphatic rings. The van der Waals surface area contributed by atoms with Crippen molar-refractivity contribution in [2.24, 2.45) is 5.41 Å². The average molecular weight is 307 g/mol. The number of carbonyl (C=O) groups excluding carboxylic acids is 1. The van der Waals surface area contributed by atoms with Gasteiger partial charge in [0.15, 0.2) is 9.84 Å². The van der Waals surface area contributed by atoms with Crippen LogP contribution in [0, 0.1) is 5.41 Å². The van der Waals surface area contributed by atoms with Gasteiger partial charge >= 0.3 is 5.97 Å². The molecule has 118 valence electrons. The molecule has 0 aromatic rings. The topological polar surface area (TPSA) is 81.7 Å². The zero-order chi connectivity index (χ0) is 15.2. The van der Waals surface area contributed by atoms with Crippen LogP contribution in [0.25, 0.3) is 0 Å². The molecule has 1 saturated carbocycles. The molecular weight excluding hydrogens is 282 g/mol. The molecule has 1 aliphatic carbocycles. The molecule has 1 unspecified atom stereocenters. The summed E-state index contributed by atoms with van der Waals surface area (Å²) in [6, 6.07) is -0.205. The normalized spacial score (nSPS) is 18.6. The van der Waals surface area contributed by atoms with Gasteiger partial charge in [-0.3, -0.25) is 4.79 Å². The van der Waals surface area contributed by atoms with Crippen LogP contribution in [0.2, 0.25) is 0 Å². The first-order chi connectivity index (χ1) is 9.36. The third kappa shape index (κ3) is 5.76. The standard InChI is InChI=1S/C13H25NO5S/c1-4-14-11(8-18-2)9-20(16,17)10-13(5-6-13)7-12(15)19-3/h11,14H,4-10H2,1-3H3. The van der Waals surface area contributed by atoms with Gasteiger partial charge in [-0.15, -0.1) is 0 Å². The van der Waals surface area contributed by atoms with Crippen molar-refractivity contribution in [2.45, 2.75) is 32.2 Å². The Balaban J connectivity index is 2.58. The van der Waals surface area contributed by atoms with Crippen LogP contribution in [-0.4, -0.2) is 59.3 Å². The number of ether oxygens (including phenoxy) is 2. The van der Waals surface area contributed by atoms with E-state index in [0.717, 1.165) is 12.8 Å². The van der Waals surface area contributed by atoms with Crippen molar-refractivity contribution in [3.05, 3.63) is 0 Å². The molecule has 1 fully saturated rings. The van der Waals surface area contributed by atoms with E-state index in [1.165, 1.54) is 7.11 Å². The van der Waals surface area contributed by atoms with Crippen LogP contribution in [0.15, 0.2) is 0 Å². The van der Waals surface area contributed by atoms with Crippen molar-refractivity contribution >= 4 is 15.8 Å². The molecule has 0 saturated heterocycles. The number of sulfone groups is 1. The van der Waals surface area contributed by atoms with Crippen LogP contribution in [-0.2, 0) is 24.1 Å². The lowest BCUT2D eigenvalue weighted by molar-refractivity contribution is -0.141. The van der Waals surface area contributed by atoms with Crippen molar-refractivity contribution in [1.29, 1.82) is 0 Å². The summed E-state index contributed by atoms with van der Waals surface area (Å²) in [5.74, 6) is -0.240. The molecule has 1 atom stereocenters. The molecular formula is C13H25NO5S. The number of methoxy groups -OCH3 is 2. The minimum absolute atomic E-state index is 0.0393. The number of likely N-dealkylation sites (N-methyl/N-ethyl adjacent to an activating group) is 1. The number of hydrogen-bond acceptors (Lipinski definition) is 6. The van der Waals surface area contributed by atoms with Gasteiger partial charge in [0.05, 0.1) is 31.6 Å². The Morgan fingerprint density at radius 3 is 2.45 bits per heavy atom. The van der Waals surface area contributed by atoms with Gasteiger partial charge in [-0.25, -0.2) is 8.42 Å². The summed E-state index contributed by atoms with van der Waals surface area (Å²) in [5.41, 5.74) is -0.393. The lowest BCUT2D eigenvalue weighted by atomic mass is 10.1. The van der Waals surface area contributed by atoms with Gasteiger partial charge in [-0.05, 0) is 24.8 Å². The fourth-order valence-corrected chi connectivity index (χ4v) is 4.68. The van der Waals surface area contributed by atoms with E-state index in [9.17, 15) is 13.2 Å². The average Bonchev–Trinajstić information content (AvgIpc) is 3.07. The molecule has 0 aliphatic heterocycles. The first-order valence-electron chi connectivity index (χ1n) is 6.86. The summed E-state index contributed by atoms with van der Waals surface area (Å²) < 4.78 is 34.2. The Morgan fingerprint density at radius 2 is 2.00 bits per heavy atom. The van der Waals surface area contributed by atoms with Gasteiger partial charge < -0.3 is 14.8 Å². The summed E-state index contributed by atoms with van der Waals surface area (Å²) in [6.45, 7) is 2.98. The fourth-order valence-electron chi connectivity index (χ4n) is 2.42. The van der Waals surface area contributed by atoms with E-state index in [1.807, 2.05) is 6.92 Å². The highest BCUT2D eigenvalue weighted by Gasteiger charge is 2.48. The number of nitrogens with one attached hydrogen (secondary N) is 1. The number of esters is 1. The summed E-state index contributed by atoms with van der Waals surface area (Å²) in [5, 5.41) is 3.10. The summed E-state index contributed by atoms with van der Waals surface area (Å²) in [7, 11) is -0.346. The Labute approximate surface area is 121 Å². The lowest BCUT2D eigenvalue weighted by Crippen LogP contribution is -2.40. The Hall–Kier alpha value is -0.660. The maximum absolute atomic E-state index is 12.3. The molecule has 0 bridgehead atoms. The first-order valence-corrected chi connectivity index (χ1v) is 8.68. The second-order valence-corrected chi connectivity index (χ2v) is 7.63. The maximum atomic E-state index is 12.3. The Morgan fingerprint density at radius 1 is 1.35 bits per heavy atom. The van der Waals surface area contributed by atoms with E-state index in [2.05, 4.69) is 10.1 Å². The van der Waals surface area contributed by atoms with Crippen LogP contribution < -0.4 is 5.32 Å². The molecule has 0 spiro atoms. The molecule has 0 aromatic heterocycles. The maximum Gasteiger partial charge on any atom is 0.306 e. The predicted octanol–water partition coefficient (Wildman–Crippen LogP) is 0.369. The molecule has 0 heterocycles. The number of carbonyl (C=O) groups is 1. The molecule has 6 nitrogen and oxygen atoms in total.